The number of nitrogens with zero attached hydrogens (tertiary/aromatic N) is 4. The molecule has 1 saturated heterocycles. The predicted octanol–water partition coefficient (Wildman–Crippen LogP) is 3.06. The fourth-order valence-corrected chi connectivity index (χ4v) is 3.05. The lowest BCUT2D eigenvalue weighted by Gasteiger charge is -2.25. The number of anilines is 3. The first-order chi connectivity index (χ1) is 12.8. The first kappa shape index (κ1) is 18.2. The Kier molecular flexibility index (Phi) is 6.43. The Balaban J connectivity index is 1.73. The Bertz CT molecular complexity index is 704. The highest BCUT2D eigenvalue weighted by Gasteiger charge is 2.15. The van der Waals surface area contributed by atoms with Gasteiger partial charge < -0.3 is 15.0 Å². The summed E-state index contributed by atoms with van der Waals surface area (Å²) in [5.74, 6) is 1.97. The van der Waals surface area contributed by atoms with Gasteiger partial charge in [0.25, 0.3) is 5.95 Å². The number of hydrogen-bond donors (Lipinski definition) is 3. The average Bonchev–Trinajstić information content (AvgIpc) is 2.66. The highest BCUT2D eigenvalue weighted by Crippen LogP contribution is 2.19. The van der Waals surface area contributed by atoms with Crippen LogP contribution >= 0.6 is 0 Å². The van der Waals surface area contributed by atoms with Gasteiger partial charge in [-0.05, 0) is 30.5 Å². The van der Waals surface area contributed by atoms with Crippen LogP contribution in [0.5, 0.6) is 5.75 Å². The van der Waals surface area contributed by atoms with Crippen LogP contribution in [0.1, 0.15) is 37.7 Å². The van der Waals surface area contributed by atoms with Crippen molar-refractivity contribution in [2.75, 3.05) is 35.9 Å². The van der Waals surface area contributed by atoms with E-state index in [-0.39, 0.29) is 5.95 Å². The summed E-state index contributed by atoms with van der Waals surface area (Å²) in [4.78, 5) is 15.2. The second-order valence-corrected chi connectivity index (χ2v) is 6.35. The number of aromatic nitrogens is 3. The van der Waals surface area contributed by atoms with E-state index in [0.29, 0.717) is 18.4 Å². The van der Waals surface area contributed by atoms with Gasteiger partial charge in [0.2, 0.25) is 11.9 Å². The van der Waals surface area contributed by atoms with Crippen molar-refractivity contribution in [2.45, 2.75) is 38.6 Å². The standard InChI is InChI=1S/C18H26N6O2/c1-26-15-9-7-8-14(12-15)13-19-16-20-17(23-25)22-18(21-16)24-10-5-3-2-4-6-11-24/h7-9,12,25H,2-6,10-11,13H2,1H3,(H2,19,20,21,22,23). The highest BCUT2D eigenvalue weighted by atomic mass is 16.5. The molecule has 1 aliphatic heterocycles. The summed E-state index contributed by atoms with van der Waals surface area (Å²) in [5, 5.41) is 12.5. The molecule has 3 rings (SSSR count). The third-order valence-corrected chi connectivity index (χ3v) is 4.45. The predicted molar refractivity (Wildman–Crippen MR) is 101 cm³/mol. The van der Waals surface area contributed by atoms with Crippen LogP contribution in [0.25, 0.3) is 0 Å². The number of rotatable bonds is 6. The van der Waals surface area contributed by atoms with E-state index in [1.54, 1.807) is 7.11 Å². The van der Waals surface area contributed by atoms with Crippen molar-refractivity contribution in [3.63, 3.8) is 0 Å². The number of methoxy groups -OCH3 is 1. The zero-order chi connectivity index (χ0) is 18.2. The van der Waals surface area contributed by atoms with Crippen LogP contribution in [-0.2, 0) is 6.54 Å². The molecule has 0 radical (unpaired) electrons. The fourth-order valence-electron chi connectivity index (χ4n) is 3.05. The SMILES string of the molecule is COc1cccc(CNc2nc(NO)nc(N3CCCCCCC3)n2)c1. The zero-order valence-electron chi connectivity index (χ0n) is 15.1. The van der Waals surface area contributed by atoms with Gasteiger partial charge in [0, 0.05) is 19.6 Å². The molecule has 8 heteroatoms. The van der Waals surface area contributed by atoms with Crippen LogP contribution < -0.4 is 20.4 Å². The van der Waals surface area contributed by atoms with Crippen LogP contribution in [0.4, 0.5) is 17.8 Å². The van der Waals surface area contributed by atoms with Gasteiger partial charge in [-0.15, -0.1) is 0 Å². The van der Waals surface area contributed by atoms with E-state index in [1.807, 2.05) is 29.7 Å². The van der Waals surface area contributed by atoms with E-state index in [1.165, 1.54) is 19.3 Å². The molecule has 26 heavy (non-hydrogen) atoms. The molecule has 2 heterocycles. The second-order valence-electron chi connectivity index (χ2n) is 6.35. The summed E-state index contributed by atoms with van der Waals surface area (Å²) >= 11 is 0. The maximum atomic E-state index is 9.27. The molecule has 1 aromatic heterocycles. The molecule has 3 N–H and O–H groups in total. The monoisotopic (exact) mass is 358 g/mol. The summed E-state index contributed by atoms with van der Waals surface area (Å²) in [6, 6.07) is 7.80. The van der Waals surface area contributed by atoms with Gasteiger partial charge in [0.05, 0.1) is 7.11 Å². The largest absolute Gasteiger partial charge is 0.497 e. The highest BCUT2D eigenvalue weighted by molar-refractivity contribution is 5.43. The van der Waals surface area contributed by atoms with Crippen LogP contribution in [0.3, 0.4) is 0 Å². The lowest BCUT2D eigenvalue weighted by Crippen LogP contribution is -2.29. The average molecular weight is 358 g/mol. The molecule has 0 saturated carbocycles. The van der Waals surface area contributed by atoms with Gasteiger partial charge in [0.1, 0.15) is 5.75 Å². The molecule has 2 aromatic rings. The molecule has 0 unspecified atom stereocenters. The van der Waals surface area contributed by atoms with Gasteiger partial charge in [-0.3, -0.25) is 5.21 Å². The minimum absolute atomic E-state index is 0.144. The Morgan fingerprint density at radius 3 is 2.50 bits per heavy atom. The van der Waals surface area contributed by atoms with Gasteiger partial charge in [0.15, 0.2) is 0 Å². The molecule has 0 amide bonds. The van der Waals surface area contributed by atoms with Gasteiger partial charge >= 0.3 is 0 Å². The van der Waals surface area contributed by atoms with Crippen molar-refractivity contribution >= 4 is 17.8 Å². The molecule has 140 valence electrons. The number of ether oxygens (including phenoxy) is 1. The van der Waals surface area contributed by atoms with Crippen molar-refractivity contribution < 1.29 is 9.94 Å². The topological polar surface area (TPSA) is 95.4 Å². The van der Waals surface area contributed by atoms with Crippen LogP contribution in [-0.4, -0.2) is 40.4 Å². The van der Waals surface area contributed by atoms with E-state index in [4.69, 9.17) is 4.74 Å². The van der Waals surface area contributed by atoms with Gasteiger partial charge in [-0.1, -0.05) is 31.4 Å². The van der Waals surface area contributed by atoms with Crippen molar-refractivity contribution in [2.24, 2.45) is 0 Å². The number of nitrogens with one attached hydrogen (secondary N) is 2. The van der Waals surface area contributed by atoms with Crippen molar-refractivity contribution in [3.8, 4) is 5.75 Å². The van der Waals surface area contributed by atoms with Crippen LogP contribution in [0.2, 0.25) is 0 Å². The van der Waals surface area contributed by atoms with E-state index in [0.717, 1.165) is 37.2 Å². The minimum atomic E-state index is 0.144. The van der Waals surface area contributed by atoms with Crippen molar-refractivity contribution in [1.29, 1.82) is 0 Å². The minimum Gasteiger partial charge on any atom is -0.497 e. The molecule has 1 aromatic carbocycles. The van der Waals surface area contributed by atoms with Gasteiger partial charge in [-0.25, -0.2) is 5.48 Å². The first-order valence-electron chi connectivity index (χ1n) is 9.06. The quantitative estimate of drug-likeness (QED) is 0.678. The van der Waals surface area contributed by atoms with Crippen LogP contribution in [0.15, 0.2) is 24.3 Å². The molecule has 0 aliphatic carbocycles. The van der Waals surface area contributed by atoms with E-state index in [2.05, 4.69) is 25.2 Å². The van der Waals surface area contributed by atoms with Gasteiger partial charge in [-0.2, -0.15) is 15.0 Å². The van der Waals surface area contributed by atoms with Crippen molar-refractivity contribution in [1.82, 2.24) is 15.0 Å². The molecule has 0 atom stereocenters. The molecule has 8 nitrogen and oxygen atoms in total. The van der Waals surface area contributed by atoms with Crippen LogP contribution in [0, 0.1) is 0 Å². The Hall–Kier alpha value is -2.61. The molecule has 1 aliphatic rings. The molecule has 0 spiro atoms. The summed E-state index contributed by atoms with van der Waals surface area (Å²) in [6.45, 7) is 2.39. The Labute approximate surface area is 153 Å². The fraction of sp³-hybridized carbons (Fsp3) is 0.500. The molecular formula is C18H26N6O2. The first-order valence-corrected chi connectivity index (χ1v) is 9.06. The normalized spacial score (nSPS) is 15.1. The number of benzene rings is 1. The van der Waals surface area contributed by atoms with Crippen molar-refractivity contribution in [3.05, 3.63) is 29.8 Å². The third-order valence-electron chi connectivity index (χ3n) is 4.45. The third kappa shape index (κ3) is 4.95. The maximum absolute atomic E-state index is 9.27. The summed E-state index contributed by atoms with van der Waals surface area (Å²) < 4.78 is 5.25. The molecular weight excluding hydrogens is 332 g/mol. The van der Waals surface area contributed by atoms with E-state index >= 15 is 0 Å². The van der Waals surface area contributed by atoms with E-state index in [9.17, 15) is 5.21 Å². The Morgan fingerprint density at radius 2 is 1.77 bits per heavy atom. The zero-order valence-corrected chi connectivity index (χ0v) is 15.1. The van der Waals surface area contributed by atoms with E-state index < -0.39 is 0 Å². The second kappa shape index (κ2) is 9.19. The lowest BCUT2D eigenvalue weighted by atomic mass is 10.1. The Morgan fingerprint density at radius 1 is 1.04 bits per heavy atom. The summed E-state index contributed by atoms with van der Waals surface area (Å²) in [7, 11) is 1.65. The molecule has 0 bridgehead atoms. The smallest absolute Gasteiger partial charge is 0.253 e. The molecule has 1 fully saturated rings. The summed E-state index contributed by atoms with van der Waals surface area (Å²) in [6.07, 6.45) is 6.00. The lowest BCUT2D eigenvalue weighted by molar-refractivity contribution is 0.382. The number of hydrogen-bond acceptors (Lipinski definition) is 8. The maximum Gasteiger partial charge on any atom is 0.253 e. The summed E-state index contributed by atoms with van der Waals surface area (Å²) in [5.41, 5.74) is 3.09.